The zero-order valence-corrected chi connectivity index (χ0v) is 34.5. The average Bonchev–Trinajstić information content (AvgIpc) is 3.64. The summed E-state index contributed by atoms with van der Waals surface area (Å²) in [4.78, 5) is 86.4. The molecule has 15 nitrogen and oxygen atoms in total. The van der Waals surface area contributed by atoms with Crippen LogP contribution in [-0.2, 0) is 9.53 Å². The molecule has 5 N–H and O–H groups in total. The van der Waals surface area contributed by atoms with Crippen molar-refractivity contribution < 1.29 is 38.3 Å². The molecule has 15 heteroatoms. The lowest BCUT2D eigenvalue weighted by Crippen LogP contribution is -2.36. The predicted octanol–water partition coefficient (Wildman–Crippen LogP) is 4.40. The number of rotatable bonds is 21. The summed E-state index contributed by atoms with van der Waals surface area (Å²) in [5, 5.41) is 9.97. The van der Waals surface area contributed by atoms with E-state index in [-0.39, 0.29) is 36.6 Å². The van der Waals surface area contributed by atoms with Crippen LogP contribution in [0, 0.1) is 6.92 Å². The summed E-state index contributed by atoms with van der Waals surface area (Å²) < 4.78 is 4.61. The Balaban J connectivity index is 0.000000308. The number of aryl methyl sites for hydroxylation is 1. The molecule has 7 amide bonds. The number of imide groups is 5. The second kappa shape index (κ2) is 26.4. The Hall–Kier alpha value is -5.61. The summed E-state index contributed by atoms with van der Waals surface area (Å²) in [6.07, 6.45) is 4.98. The van der Waals surface area contributed by atoms with E-state index in [4.69, 9.17) is 5.73 Å². The number of carbonyl (C=O) groups excluding carboxylic acids is 7. The van der Waals surface area contributed by atoms with Gasteiger partial charge in [0.2, 0.25) is 6.41 Å². The van der Waals surface area contributed by atoms with Crippen molar-refractivity contribution in [3.63, 3.8) is 0 Å². The molecule has 0 spiro atoms. The topological polar surface area (TPSA) is 201 Å². The van der Waals surface area contributed by atoms with Crippen molar-refractivity contribution in [2.75, 3.05) is 65.5 Å². The third kappa shape index (κ3) is 14.3. The van der Waals surface area contributed by atoms with E-state index in [1.165, 1.54) is 16.2 Å². The number of nitrogens with zero attached hydrogens (tertiary/aromatic N) is 3. The molecule has 2 aliphatic heterocycles. The van der Waals surface area contributed by atoms with Crippen molar-refractivity contribution in [1.82, 2.24) is 30.7 Å². The molecule has 0 fully saturated rings. The number of unbranched alkanes of at least 4 members (excludes halogenated alkanes) is 1. The van der Waals surface area contributed by atoms with E-state index in [1.807, 2.05) is 0 Å². The summed E-state index contributed by atoms with van der Waals surface area (Å²) in [5.74, 6) is -1.48. The Kier molecular flexibility index (Phi) is 21.4. The largest absolute Gasteiger partial charge is 0.449 e. The minimum absolute atomic E-state index is 0.101. The maximum Gasteiger partial charge on any atom is 0.423 e. The van der Waals surface area contributed by atoms with Gasteiger partial charge < -0.3 is 26.4 Å². The number of amides is 7. The minimum Gasteiger partial charge on any atom is -0.449 e. The van der Waals surface area contributed by atoms with E-state index in [9.17, 15) is 33.6 Å². The normalized spacial score (nSPS) is 12.6. The molecular weight excluding hydrogens is 755 g/mol. The van der Waals surface area contributed by atoms with E-state index in [2.05, 4.69) is 27.6 Å². The first-order valence-corrected chi connectivity index (χ1v) is 20.4. The van der Waals surface area contributed by atoms with Gasteiger partial charge >= 0.3 is 6.09 Å². The molecule has 0 saturated heterocycles. The van der Waals surface area contributed by atoms with Gasteiger partial charge in [-0.1, -0.05) is 49.4 Å². The summed E-state index contributed by atoms with van der Waals surface area (Å²) in [5.41, 5.74) is 8.25. The summed E-state index contributed by atoms with van der Waals surface area (Å²) in [6, 6.07) is 20.6. The molecule has 0 saturated carbocycles. The van der Waals surface area contributed by atoms with Crippen molar-refractivity contribution in [1.29, 1.82) is 0 Å². The van der Waals surface area contributed by atoms with Crippen molar-refractivity contribution in [3.05, 3.63) is 106 Å². The fourth-order valence-electron chi connectivity index (χ4n) is 6.20. The number of carbonyl (C=O) groups is 7. The molecule has 2 aliphatic rings. The van der Waals surface area contributed by atoms with Gasteiger partial charge in [-0.25, -0.2) is 4.79 Å². The van der Waals surface area contributed by atoms with Gasteiger partial charge in [0.05, 0.1) is 28.9 Å². The van der Waals surface area contributed by atoms with E-state index >= 15 is 0 Å². The highest BCUT2D eigenvalue weighted by Gasteiger charge is 2.35. The Morgan fingerprint density at radius 2 is 1.03 bits per heavy atom. The number of hydrogen-bond donors (Lipinski definition) is 4. The number of nitrogens with two attached hydrogens (primary N) is 1. The average molecular weight is 814 g/mol. The van der Waals surface area contributed by atoms with Crippen LogP contribution in [0.5, 0.6) is 0 Å². The molecule has 3 aromatic carbocycles. The lowest BCUT2D eigenvalue weighted by atomic mass is 10.1. The third-order valence-electron chi connectivity index (χ3n) is 9.33. The fraction of sp³-hybridized carbons (Fsp3) is 0.432. The molecule has 318 valence electrons. The van der Waals surface area contributed by atoms with Crippen LogP contribution in [0.3, 0.4) is 0 Å². The molecule has 0 aliphatic carbocycles. The molecule has 0 bridgehead atoms. The molecule has 0 atom stereocenters. The smallest absolute Gasteiger partial charge is 0.423 e. The van der Waals surface area contributed by atoms with Gasteiger partial charge in [0.1, 0.15) is 0 Å². The Morgan fingerprint density at radius 1 is 0.627 bits per heavy atom. The van der Waals surface area contributed by atoms with Crippen LogP contribution in [0.1, 0.15) is 110 Å². The lowest BCUT2D eigenvalue weighted by Gasteiger charge is -2.14. The molecule has 2 heterocycles. The minimum atomic E-state index is -0.962. The number of ether oxygens (including phenoxy) is 1. The standard InChI is InChI=1S/C26H30N4O4.C12H13NO4.C6H16N2/c31-23-19-9-1-2-10-20(19)24(32)29(23)17-7-15-27-13-5-6-14-28-16-8-18-30-25(33)21-11-3-4-12-22(21)26(30)34;1-3-17-12(16)13(8-14)11(15)10-7-5-4-6-9(10)2;1-2-5-8-6-3-4-7/h1-4,9-12,27-28H,5-8,13-18H2;4-8H,3H2,1-2H3;8H,2-7H2,1H3. The highest BCUT2D eigenvalue weighted by Crippen LogP contribution is 2.23. The molecule has 0 unspecified atom stereocenters. The molecule has 0 aromatic heterocycles. The highest BCUT2D eigenvalue weighted by atomic mass is 16.6. The van der Waals surface area contributed by atoms with E-state index in [0.717, 1.165) is 77.9 Å². The van der Waals surface area contributed by atoms with Crippen molar-refractivity contribution in [2.45, 2.75) is 59.3 Å². The third-order valence-corrected chi connectivity index (χ3v) is 9.33. The van der Waals surface area contributed by atoms with E-state index in [1.54, 1.807) is 86.6 Å². The van der Waals surface area contributed by atoms with Gasteiger partial charge in [-0.15, -0.1) is 0 Å². The van der Waals surface area contributed by atoms with Gasteiger partial charge in [0.25, 0.3) is 29.5 Å². The number of nitrogens with one attached hydrogen (secondary N) is 3. The van der Waals surface area contributed by atoms with Gasteiger partial charge in [-0.3, -0.25) is 38.6 Å². The van der Waals surface area contributed by atoms with Crippen LogP contribution in [0.25, 0.3) is 0 Å². The second-order valence-corrected chi connectivity index (χ2v) is 13.7. The van der Waals surface area contributed by atoms with Gasteiger partial charge in [0, 0.05) is 18.7 Å². The van der Waals surface area contributed by atoms with E-state index in [0.29, 0.717) is 51.4 Å². The maximum atomic E-state index is 12.3. The van der Waals surface area contributed by atoms with Crippen LogP contribution in [0.2, 0.25) is 0 Å². The van der Waals surface area contributed by atoms with Crippen molar-refractivity contribution >= 4 is 42.0 Å². The molecule has 5 rings (SSSR count). The maximum absolute atomic E-state index is 12.3. The first-order valence-electron chi connectivity index (χ1n) is 20.4. The van der Waals surface area contributed by atoms with Gasteiger partial charge in [-0.05, 0) is 134 Å². The van der Waals surface area contributed by atoms with Crippen LogP contribution < -0.4 is 21.7 Å². The monoisotopic (exact) mass is 813 g/mol. The Morgan fingerprint density at radius 3 is 1.44 bits per heavy atom. The van der Waals surface area contributed by atoms with E-state index < -0.39 is 12.0 Å². The Bertz CT molecular complexity index is 1710. The first-order chi connectivity index (χ1) is 28.6. The summed E-state index contributed by atoms with van der Waals surface area (Å²) >= 11 is 0. The molecule has 0 radical (unpaired) electrons. The van der Waals surface area contributed by atoms with Crippen LogP contribution in [0.15, 0.2) is 72.8 Å². The molecule has 3 aromatic rings. The number of hydrogen-bond acceptors (Lipinski definition) is 12. The Labute approximate surface area is 347 Å². The van der Waals surface area contributed by atoms with Crippen molar-refractivity contribution in [2.24, 2.45) is 5.73 Å². The quantitative estimate of drug-likeness (QED) is 0.0673. The fourth-order valence-corrected chi connectivity index (χ4v) is 6.20. The molecular formula is C44H59N7O8. The van der Waals surface area contributed by atoms with Crippen LogP contribution in [-0.4, -0.2) is 122 Å². The van der Waals surface area contributed by atoms with Crippen LogP contribution >= 0.6 is 0 Å². The zero-order valence-electron chi connectivity index (χ0n) is 34.5. The van der Waals surface area contributed by atoms with Crippen molar-refractivity contribution in [3.8, 4) is 0 Å². The number of fused-ring (bicyclic) bond motifs is 2. The second-order valence-electron chi connectivity index (χ2n) is 13.7. The van der Waals surface area contributed by atoms with Crippen LogP contribution in [0.4, 0.5) is 4.79 Å². The summed E-state index contributed by atoms with van der Waals surface area (Å²) in [6.45, 7) is 12.7. The summed E-state index contributed by atoms with van der Waals surface area (Å²) in [7, 11) is 0. The van der Waals surface area contributed by atoms with Gasteiger partial charge in [-0.2, -0.15) is 4.90 Å². The molecule has 59 heavy (non-hydrogen) atoms. The lowest BCUT2D eigenvalue weighted by molar-refractivity contribution is -0.114. The first kappa shape index (κ1) is 47.8. The SMILES string of the molecule is CCCNCCCN.CCOC(=O)N(C=O)C(=O)c1ccccc1C.O=C1c2ccccc2C(=O)N1CCCNCCCCNCCCN1C(=O)c2ccccc2C1=O. The van der Waals surface area contributed by atoms with Gasteiger partial charge in [0.15, 0.2) is 0 Å². The predicted molar refractivity (Wildman–Crippen MR) is 225 cm³/mol. The zero-order chi connectivity index (χ0) is 43.0. The highest BCUT2D eigenvalue weighted by molar-refractivity contribution is 6.22. The number of benzene rings is 3.